The Bertz CT molecular complexity index is 1070. The average molecular weight is 399 g/mol. The zero-order valence-corrected chi connectivity index (χ0v) is 14.6. The van der Waals surface area contributed by atoms with Gasteiger partial charge in [0.15, 0.2) is 5.69 Å². The molecule has 0 bridgehead atoms. The van der Waals surface area contributed by atoms with E-state index in [4.69, 9.17) is 0 Å². The third-order valence-electron chi connectivity index (χ3n) is 3.79. The van der Waals surface area contributed by atoms with Gasteiger partial charge in [0.05, 0.1) is 11.4 Å². The first-order valence-corrected chi connectivity index (χ1v) is 9.08. The van der Waals surface area contributed by atoms with Gasteiger partial charge in [0.1, 0.15) is 10.7 Å². The summed E-state index contributed by atoms with van der Waals surface area (Å²) in [5.74, 6) is -0.556. The van der Waals surface area contributed by atoms with Gasteiger partial charge in [-0.1, -0.05) is 12.1 Å². The molecular weight excluding hydrogens is 386 g/mol. The van der Waals surface area contributed by atoms with Crippen molar-refractivity contribution in [2.24, 2.45) is 0 Å². The lowest BCUT2D eigenvalue weighted by Crippen LogP contribution is -2.21. The Hall–Kier alpha value is -2.72. The molecule has 0 unspecified atom stereocenters. The first kappa shape index (κ1) is 19.1. The fraction of sp³-hybridized carbons (Fsp3) is 0.118. The summed E-state index contributed by atoms with van der Waals surface area (Å²) < 4.78 is 80.4. The lowest BCUT2D eigenvalue weighted by atomic mass is 10.1. The SMILES string of the molecule is CNS(=O)(=O)c1ccccc1-n1nc(C(F)(F)F)cc1-c1ccc(F)cc1. The van der Waals surface area contributed by atoms with Gasteiger partial charge in [0.25, 0.3) is 0 Å². The van der Waals surface area contributed by atoms with Crippen LogP contribution in [-0.4, -0.2) is 25.2 Å². The van der Waals surface area contributed by atoms with Crippen LogP contribution in [0.1, 0.15) is 5.69 Å². The number of sulfonamides is 1. The molecule has 0 fully saturated rings. The fourth-order valence-corrected chi connectivity index (χ4v) is 3.41. The molecule has 10 heteroatoms. The molecule has 1 N–H and O–H groups in total. The number of rotatable bonds is 4. The second-order valence-electron chi connectivity index (χ2n) is 5.51. The lowest BCUT2D eigenvalue weighted by Gasteiger charge is -2.12. The molecule has 0 atom stereocenters. The maximum Gasteiger partial charge on any atom is 0.435 e. The number of hydrogen-bond donors (Lipinski definition) is 1. The van der Waals surface area contributed by atoms with Gasteiger partial charge in [0, 0.05) is 5.56 Å². The summed E-state index contributed by atoms with van der Waals surface area (Å²) in [6.45, 7) is 0. The van der Waals surface area contributed by atoms with Gasteiger partial charge in [-0.05, 0) is 49.5 Å². The predicted octanol–water partition coefficient (Wildman–Crippen LogP) is 3.61. The van der Waals surface area contributed by atoms with E-state index in [0.717, 1.165) is 22.9 Å². The van der Waals surface area contributed by atoms with Crippen LogP contribution < -0.4 is 4.72 Å². The fourth-order valence-electron chi connectivity index (χ4n) is 2.50. The monoisotopic (exact) mass is 399 g/mol. The van der Waals surface area contributed by atoms with Crippen molar-refractivity contribution in [1.29, 1.82) is 0 Å². The topological polar surface area (TPSA) is 64.0 Å². The van der Waals surface area contributed by atoms with Crippen molar-refractivity contribution in [2.45, 2.75) is 11.1 Å². The van der Waals surface area contributed by atoms with Crippen molar-refractivity contribution in [3.8, 4) is 16.9 Å². The maximum absolute atomic E-state index is 13.2. The maximum atomic E-state index is 13.2. The molecule has 0 radical (unpaired) electrons. The van der Waals surface area contributed by atoms with Crippen molar-refractivity contribution in [3.63, 3.8) is 0 Å². The highest BCUT2D eigenvalue weighted by Crippen LogP contribution is 2.34. The van der Waals surface area contributed by atoms with E-state index in [9.17, 15) is 26.0 Å². The van der Waals surface area contributed by atoms with Gasteiger partial charge in [-0.15, -0.1) is 0 Å². The first-order chi connectivity index (χ1) is 12.6. The second kappa shape index (κ2) is 6.78. The van der Waals surface area contributed by atoms with Crippen LogP contribution in [0.2, 0.25) is 0 Å². The van der Waals surface area contributed by atoms with E-state index in [1.807, 2.05) is 0 Å². The summed E-state index contributed by atoms with van der Waals surface area (Å²) in [5.41, 5.74) is -1.04. The normalized spacial score (nSPS) is 12.3. The summed E-state index contributed by atoms with van der Waals surface area (Å²) in [7, 11) is -2.77. The molecule has 3 aromatic rings. The molecule has 142 valence electrons. The standard InChI is InChI=1S/C17H13F4N3O2S/c1-22-27(25,26)15-5-3-2-4-13(15)24-14(10-16(23-24)17(19,20)21)11-6-8-12(18)9-7-11/h2-10,22H,1H3. The van der Waals surface area contributed by atoms with Crippen molar-refractivity contribution in [2.75, 3.05) is 7.05 Å². The minimum Gasteiger partial charge on any atom is -0.231 e. The van der Waals surface area contributed by atoms with Gasteiger partial charge in [-0.25, -0.2) is 22.2 Å². The smallest absolute Gasteiger partial charge is 0.231 e. The van der Waals surface area contributed by atoms with E-state index >= 15 is 0 Å². The Morgan fingerprint density at radius 2 is 1.67 bits per heavy atom. The molecule has 0 aliphatic carbocycles. The molecule has 27 heavy (non-hydrogen) atoms. The van der Waals surface area contributed by atoms with E-state index in [2.05, 4.69) is 9.82 Å². The number of para-hydroxylation sites is 1. The minimum absolute atomic E-state index is 0.0268. The molecule has 1 aromatic heterocycles. The summed E-state index contributed by atoms with van der Waals surface area (Å²) in [6, 6.07) is 11.1. The van der Waals surface area contributed by atoms with Gasteiger partial charge in [-0.2, -0.15) is 18.3 Å². The molecule has 0 spiro atoms. The number of benzene rings is 2. The van der Waals surface area contributed by atoms with Crippen LogP contribution in [0.25, 0.3) is 16.9 Å². The summed E-state index contributed by atoms with van der Waals surface area (Å²) in [6.07, 6.45) is -4.74. The largest absolute Gasteiger partial charge is 0.435 e. The number of nitrogens with one attached hydrogen (secondary N) is 1. The highest BCUT2D eigenvalue weighted by molar-refractivity contribution is 7.89. The molecule has 0 aliphatic rings. The zero-order chi connectivity index (χ0) is 19.8. The van der Waals surface area contributed by atoms with Crippen LogP contribution in [0, 0.1) is 5.82 Å². The molecule has 1 heterocycles. The number of halogens is 4. The number of hydrogen-bond acceptors (Lipinski definition) is 3. The Labute approximate surface area is 152 Å². The molecule has 0 aliphatic heterocycles. The number of alkyl halides is 3. The molecule has 2 aromatic carbocycles. The highest BCUT2D eigenvalue weighted by atomic mass is 32.2. The lowest BCUT2D eigenvalue weighted by molar-refractivity contribution is -0.141. The van der Waals surface area contributed by atoms with E-state index in [1.165, 1.54) is 43.4 Å². The summed E-state index contributed by atoms with van der Waals surface area (Å²) in [5, 5.41) is 3.56. The van der Waals surface area contributed by atoms with Crippen molar-refractivity contribution in [3.05, 3.63) is 66.1 Å². The molecule has 3 rings (SSSR count). The van der Waals surface area contributed by atoms with Crippen LogP contribution in [0.3, 0.4) is 0 Å². The molecule has 5 nitrogen and oxygen atoms in total. The second-order valence-corrected chi connectivity index (χ2v) is 7.36. The third-order valence-corrected chi connectivity index (χ3v) is 5.25. The van der Waals surface area contributed by atoms with Crippen molar-refractivity contribution < 1.29 is 26.0 Å². The van der Waals surface area contributed by atoms with E-state index < -0.39 is 27.7 Å². The minimum atomic E-state index is -4.74. The average Bonchev–Trinajstić information content (AvgIpc) is 3.08. The van der Waals surface area contributed by atoms with Crippen LogP contribution in [-0.2, 0) is 16.2 Å². The van der Waals surface area contributed by atoms with Crippen molar-refractivity contribution >= 4 is 10.0 Å². The van der Waals surface area contributed by atoms with Crippen molar-refractivity contribution in [1.82, 2.24) is 14.5 Å². The number of nitrogens with zero attached hydrogens (tertiary/aromatic N) is 2. The Balaban J connectivity index is 2.31. The first-order valence-electron chi connectivity index (χ1n) is 7.59. The molecular formula is C17H13F4N3O2S. The number of aromatic nitrogens is 2. The van der Waals surface area contributed by atoms with Crippen LogP contribution >= 0.6 is 0 Å². The Morgan fingerprint density at radius 1 is 1.04 bits per heavy atom. The van der Waals surface area contributed by atoms with E-state index in [1.54, 1.807) is 0 Å². The van der Waals surface area contributed by atoms with E-state index in [-0.39, 0.29) is 21.8 Å². The molecule has 0 saturated heterocycles. The molecule has 0 saturated carbocycles. The zero-order valence-electron chi connectivity index (χ0n) is 13.8. The third kappa shape index (κ3) is 3.71. The highest BCUT2D eigenvalue weighted by Gasteiger charge is 2.36. The van der Waals surface area contributed by atoms with Gasteiger partial charge >= 0.3 is 6.18 Å². The van der Waals surface area contributed by atoms with Crippen LogP contribution in [0.4, 0.5) is 17.6 Å². The van der Waals surface area contributed by atoms with E-state index in [0.29, 0.717) is 0 Å². The summed E-state index contributed by atoms with van der Waals surface area (Å²) in [4.78, 5) is -0.243. The Kier molecular flexibility index (Phi) is 4.79. The predicted molar refractivity (Wildman–Crippen MR) is 90.2 cm³/mol. The van der Waals surface area contributed by atoms with Gasteiger partial charge in [0.2, 0.25) is 10.0 Å². The summed E-state index contributed by atoms with van der Waals surface area (Å²) >= 11 is 0. The molecule has 0 amide bonds. The Morgan fingerprint density at radius 3 is 2.26 bits per heavy atom. The van der Waals surface area contributed by atoms with Crippen LogP contribution in [0.15, 0.2) is 59.5 Å². The van der Waals surface area contributed by atoms with Crippen LogP contribution in [0.5, 0.6) is 0 Å². The van der Waals surface area contributed by atoms with Gasteiger partial charge in [-0.3, -0.25) is 0 Å². The quantitative estimate of drug-likeness (QED) is 0.682. The van der Waals surface area contributed by atoms with Gasteiger partial charge < -0.3 is 0 Å².